The highest BCUT2D eigenvalue weighted by Crippen LogP contribution is 2.20. The lowest BCUT2D eigenvalue weighted by Gasteiger charge is -2.18. The van der Waals surface area contributed by atoms with Crippen LogP contribution in [0.4, 0.5) is 0 Å². The Kier molecular flexibility index (Phi) is 33.2. The zero-order valence-corrected chi connectivity index (χ0v) is 31.8. The number of Topliss-reactive ketones (excluding diaryl/α,β-unsaturated/α-hetero) is 2. The summed E-state index contributed by atoms with van der Waals surface area (Å²) in [6.45, 7) is 3.80. The summed E-state index contributed by atoms with van der Waals surface area (Å²) in [6, 6.07) is 0. The molecule has 0 rings (SSSR count). The van der Waals surface area contributed by atoms with Crippen LogP contribution in [0.1, 0.15) is 200 Å². The van der Waals surface area contributed by atoms with Crippen LogP contribution in [0, 0.1) is 5.92 Å². The number of ketones is 2. The van der Waals surface area contributed by atoms with Gasteiger partial charge in [0.15, 0.2) is 0 Å². The Morgan fingerprint density at radius 2 is 0.854 bits per heavy atom. The van der Waals surface area contributed by atoms with Crippen LogP contribution in [0.2, 0.25) is 0 Å². The summed E-state index contributed by atoms with van der Waals surface area (Å²) in [6.07, 6.45) is 38.4. The number of allylic oxidation sites excluding steroid dienone is 4. The quantitative estimate of drug-likeness (QED) is 0.0287. The molecule has 0 aromatic carbocycles. The molecule has 0 fully saturated rings. The maximum absolute atomic E-state index is 13.1. The molecular weight excluding hydrogens is 624 g/mol. The Balaban J connectivity index is 4.29. The van der Waals surface area contributed by atoms with Gasteiger partial charge in [-0.3, -0.25) is 14.1 Å². The molecule has 8 heteroatoms. The van der Waals surface area contributed by atoms with Gasteiger partial charge in [0, 0.05) is 12.8 Å². The van der Waals surface area contributed by atoms with E-state index in [4.69, 9.17) is 4.55 Å². The standard InChI is InChI=1S/C40H74O7S/c1-3-5-7-9-11-13-15-17-19-21-23-25-27-29-31-33-39(42)38(35-37(41)36-47-48(44,45)46)40(43)34-32-30-28-26-24-22-20-18-16-14-12-10-8-6-4-2/h17-20,37-38,41H,3-16,21-36H2,1-2H3,(H,44,45,46)/b19-17-,20-18-. The summed E-state index contributed by atoms with van der Waals surface area (Å²) in [5.41, 5.74) is 0. The van der Waals surface area contributed by atoms with Crippen molar-refractivity contribution < 1.29 is 31.8 Å². The van der Waals surface area contributed by atoms with Crippen molar-refractivity contribution in [3.05, 3.63) is 24.3 Å². The normalized spacial score (nSPS) is 12.9. The lowest BCUT2D eigenvalue weighted by molar-refractivity contribution is -0.134. The number of carbonyl (C=O) groups is 2. The average Bonchev–Trinajstić information content (AvgIpc) is 3.05. The van der Waals surface area contributed by atoms with Crippen molar-refractivity contribution >= 4 is 22.0 Å². The molecule has 0 bridgehead atoms. The fraction of sp³-hybridized carbons (Fsp3) is 0.850. The smallest absolute Gasteiger partial charge is 0.391 e. The van der Waals surface area contributed by atoms with Crippen LogP contribution < -0.4 is 0 Å². The predicted octanol–water partition coefficient (Wildman–Crippen LogP) is 11.4. The zero-order valence-electron chi connectivity index (χ0n) is 31.0. The van der Waals surface area contributed by atoms with E-state index in [1.165, 1.54) is 89.9 Å². The van der Waals surface area contributed by atoms with Crippen LogP contribution in [0.25, 0.3) is 0 Å². The van der Waals surface area contributed by atoms with E-state index in [2.05, 4.69) is 42.3 Å². The number of hydrogen-bond donors (Lipinski definition) is 2. The fourth-order valence-corrected chi connectivity index (χ4v) is 6.36. The topological polar surface area (TPSA) is 118 Å². The van der Waals surface area contributed by atoms with Crippen LogP contribution in [-0.4, -0.2) is 42.4 Å². The molecule has 0 spiro atoms. The number of rotatable bonds is 37. The molecule has 0 aliphatic rings. The van der Waals surface area contributed by atoms with Crippen molar-refractivity contribution in [1.82, 2.24) is 0 Å². The van der Waals surface area contributed by atoms with Crippen LogP contribution in [0.15, 0.2) is 24.3 Å². The molecule has 2 N–H and O–H groups in total. The SMILES string of the molecule is CCCCCCCC/C=C\CCCCCCCC(=O)C(CC(O)COS(=O)(=O)O)C(=O)CCCCCCC/C=C\CCCCCCCC. The second-order valence-corrected chi connectivity index (χ2v) is 14.8. The summed E-state index contributed by atoms with van der Waals surface area (Å²) >= 11 is 0. The zero-order chi connectivity index (χ0) is 35.6. The Hall–Kier alpha value is -1.35. The van der Waals surface area contributed by atoms with E-state index in [0.717, 1.165) is 64.2 Å². The largest absolute Gasteiger partial charge is 0.397 e. The molecule has 0 amide bonds. The number of aliphatic hydroxyl groups excluding tert-OH is 1. The molecule has 0 heterocycles. The molecule has 282 valence electrons. The number of hydrogen-bond acceptors (Lipinski definition) is 6. The molecule has 0 radical (unpaired) electrons. The van der Waals surface area contributed by atoms with E-state index >= 15 is 0 Å². The van der Waals surface area contributed by atoms with Crippen molar-refractivity contribution in [3.63, 3.8) is 0 Å². The Morgan fingerprint density at radius 3 is 1.19 bits per heavy atom. The molecule has 7 nitrogen and oxygen atoms in total. The van der Waals surface area contributed by atoms with Crippen LogP contribution >= 0.6 is 0 Å². The number of aliphatic hydroxyl groups is 1. The van der Waals surface area contributed by atoms with Crippen LogP contribution in [-0.2, 0) is 24.2 Å². The van der Waals surface area contributed by atoms with Gasteiger partial charge in [-0.15, -0.1) is 0 Å². The molecule has 48 heavy (non-hydrogen) atoms. The van der Waals surface area contributed by atoms with Gasteiger partial charge in [-0.05, 0) is 70.6 Å². The second kappa shape index (κ2) is 34.1. The third-order valence-corrected chi connectivity index (χ3v) is 9.50. The van der Waals surface area contributed by atoms with Gasteiger partial charge < -0.3 is 5.11 Å². The molecule has 0 saturated heterocycles. The van der Waals surface area contributed by atoms with Crippen LogP contribution in [0.5, 0.6) is 0 Å². The summed E-state index contributed by atoms with van der Waals surface area (Å²) in [5, 5.41) is 10.3. The first-order valence-electron chi connectivity index (χ1n) is 19.9. The highest BCUT2D eigenvalue weighted by Gasteiger charge is 2.28. The molecule has 1 atom stereocenters. The van der Waals surface area contributed by atoms with E-state index in [0.29, 0.717) is 12.8 Å². The maximum atomic E-state index is 13.1. The van der Waals surface area contributed by atoms with Crippen molar-refractivity contribution in [2.45, 2.75) is 206 Å². The van der Waals surface area contributed by atoms with E-state index in [-0.39, 0.29) is 30.8 Å². The Morgan fingerprint density at radius 1 is 0.542 bits per heavy atom. The van der Waals surface area contributed by atoms with E-state index < -0.39 is 29.0 Å². The number of unbranched alkanes of at least 4 members (excludes halogenated alkanes) is 22. The van der Waals surface area contributed by atoms with Gasteiger partial charge in [0.05, 0.1) is 18.6 Å². The molecule has 0 aromatic rings. The maximum Gasteiger partial charge on any atom is 0.397 e. The minimum absolute atomic E-state index is 0.191. The monoisotopic (exact) mass is 699 g/mol. The Labute approximate surface area is 296 Å². The highest BCUT2D eigenvalue weighted by atomic mass is 32.3. The lowest BCUT2D eigenvalue weighted by Crippen LogP contribution is -2.31. The van der Waals surface area contributed by atoms with E-state index in [1.807, 2.05) is 0 Å². The molecular formula is C40H74O7S. The second-order valence-electron chi connectivity index (χ2n) is 13.8. The first-order chi connectivity index (χ1) is 23.2. The first kappa shape index (κ1) is 46.6. The predicted molar refractivity (Wildman–Crippen MR) is 201 cm³/mol. The minimum Gasteiger partial charge on any atom is -0.391 e. The summed E-state index contributed by atoms with van der Waals surface area (Å²) < 4.78 is 34.9. The highest BCUT2D eigenvalue weighted by molar-refractivity contribution is 7.80. The molecule has 1 unspecified atom stereocenters. The van der Waals surface area contributed by atoms with Crippen molar-refractivity contribution in [3.8, 4) is 0 Å². The van der Waals surface area contributed by atoms with Crippen LogP contribution in [0.3, 0.4) is 0 Å². The van der Waals surface area contributed by atoms with Gasteiger partial charge >= 0.3 is 10.4 Å². The summed E-state index contributed by atoms with van der Waals surface area (Å²) in [5.74, 6) is -1.37. The van der Waals surface area contributed by atoms with Crippen molar-refractivity contribution in [2.24, 2.45) is 5.92 Å². The molecule has 0 aliphatic heterocycles. The van der Waals surface area contributed by atoms with Crippen molar-refractivity contribution in [2.75, 3.05) is 6.61 Å². The third kappa shape index (κ3) is 33.2. The van der Waals surface area contributed by atoms with E-state index in [9.17, 15) is 23.1 Å². The third-order valence-electron chi connectivity index (χ3n) is 9.06. The summed E-state index contributed by atoms with van der Waals surface area (Å²) in [4.78, 5) is 26.1. The molecule has 0 saturated carbocycles. The summed E-state index contributed by atoms with van der Waals surface area (Å²) in [7, 11) is -4.71. The molecule has 0 aromatic heterocycles. The fourth-order valence-electron chi connectivity index (χ4n) is 6.04. The van der Waals surface area contributed by atoms with Gasteiger partial charge in [-0.2, -0.15) is 8.42 Å². The number of carbonyl (C=O) groups excluding carboxylic acids is 2. The average molecular weight is 699 g/mol. The molecule has 0 aliphatic carbocycles. The van der Waals surface area contributed by atoms with Gasteiger partial charge in [0.1, 0.15) is 11.6 Å². The van der Waals surface area contributed by atoms with E-state index in [1.54, 1.807) is 0 Å². The van der Waals surface area contributed by atoms with Gasteiger partial charge in [0.2, 0.25) is 0 Å². The minimum atomic E-state index is -4.71. The van der Waals surface area contributed by atoms with Gasteiger partial charge in [-0.1, -0.05) is 141 Å². The van der Waals surface area contributed by atoms with Crippen molar-refractivity contribution in [1.29, 1.82) is 0 Å². The Bertz CT molecular complexity index is 861. The first-order valence-corrected chi connectivity index (χ1v) is 21.2. The van der Waals surface area contributed by atoms with Gasteiger partial charge in [-0.25, -0.2) is 4.18 Å². The lowest BCUT2D eigenvalue weighted by atomic mass is 9.87. The van der Waals surface area contributed by atoms with Gasteiger partial charge in [0.25, 0.3) is 0 Å².